The molecule has 0 bridgehead atoms. The Labute approximate surface area is 102 Å². The summed E-state index contributed by atoms with van der Waals surface area (Å²) in [5, 5.41) is 7.66. The smallest absolute Gasteiger partial charge is 0.164 e. The van der Waals surface area contributed by atoms with Crippen molar-refractivity contribution in [3.63, 3.8) is 0 Å². The Balaban J connectivity index is 1.80. The number of benzene rings is 1. The quantitative estimate of drug-likeness (QED) is 0.847. The average Bonchev–Trinajstić information content (AvgIpc) is 2.74. The molecule has 4 heteroatoms. The molecular weight excluding hydrogens is 212 g/mol. The Hall–Kier alpha value is -1.68. The molecule has 1 aromatic carbocycles. The van der Waals surface area contributed by atoms with Crippen molar-refractivity contribution >= 4 is 0 Å². The summed E-state index contributed by atoms with van der Waals surface area (Å²) in [7, 11) is 1.88. The van der Waals surface area contributed by atoms with Gasteiger partial charge in [-0.15, -0.1) is 0 Å². The fraction of sp³-hybridized carbons (Fsp3) is 0.385. The first-order valence-electron chi connectivity index (χ1n) is 5.86. The monoisotopic (exact) mass is 230 g/mol. The van der Waals surface area contributed by atoms with Crippen LogP contribution >= 0.6 is 0 Å². The first-order chi connectivity index (χ1) is 8.24. The number of aryl methyl sites for hydroxylation is 1. The predicted molar refractivity (Wildman–Crippen MR) is 67.5 cm³/mol. The predicted octanol–water partition coefficient (Wildman–Crippen LogP) is 1.54. The van der Waals surface area contributed by atoms with Crippen molar-refractivity contribution in [1.29, 1.82) is 0 Å². The summed E-state index contributed by atoms with van der Waals surface area (Å²) in [6.45, 7) is 2.89. The summed E-state index contributed by atoms with van der Waals surface area (Å²) in [6.07, 6.45) is 2.74. The molecular formula is C13H18N4. The molecule has 17 heavy (non-hydrogen) atoms. The Kier molecular flexibility index (Phi) is 3.88. The molecule has 0 amide bonds. The van der Waals surface area contributed by atoms with Crippen LogP contribution in [-0.4, -0.2) is 20.8 Å². The number of aromatic nitrogens is 3. The number of nitrogens with one attached hydrogen (secondary N) is 1. The maximum atomic E-state index is 4.23. The highest BCUT2D eigenvalue weighted by atomic mass is 15.3. The Morgan fingerprint density at radius 2 is 2.06 bits per heavy atom. The Morgan fingerprint density at radius 3 is 2.71 bits per heavy atom. The highest BCUT2D eigenvalue weighted by Gasteiger charge is 2.04. The molecule has 1 aromatic heterocycles. The first-order valence-corrected chi connectivity index (χ1v) is 5.86. The van der Waals surface area contributed by atoms with E-state index in [1.807, 2.05) is 13.1 Å². The van der Waals surface area contributed by atoms with Crippen molar-refractivity contribution in [2.45, 2.75) is 25.9 Å². The average molecular weight is 230 g/mol. The van der Waals surface area contributed by atoms with E-state index >= 15 is 0 Å². The van der Waals surface area contributed by atoms with Crippen LogP contribution in [0.4, 0.5) is 0 Å². The van der Waals surface area contributed by atoms with Crippen LogP contribution in [0.25, 0.3) is 0 Å². The van der Waals surface area contributed by atoms with Crippen LogP contribution < -0.4 is 5.32 Å². The van der Waals surface area contributed by atoms with Gasteiger partial charge >= 0.3 is 0 Å². The van der Waals surface area contributed by atoms with Crippen LogP contribution in [0.5, 0.6) is 0 Å². The summed E-state index contributed by atoms with van der Waals surface area (Å²) < 4.78 is 1.72. The number of nitrogens with zero attached hydrogens (tertiary/aromatic N) is 3. The van der Waals surface area contributed by atoms with Gasteiger partial charge in [0.2, 0.25) is 0 Å². The lowest BCUT2D eigenvalue weighted by molar-refractivity contribution is 0.531. The molecule has 0 aliphatic rings. The van der Waals surface area contributed by atoms with E-state index in [1.165, 1.54) is 5.56 Å². The second-order valence-corrected chi connectivity index (χ2v) is 4.31. The second kappa shape index (κ2) is 5.59. The maximum absolute atomic E-state index is 4.23. The molecule has 4 nitrogen and oxygen atoms in total. The van der Waals surface area contributed by atoms with E-state index in [9.17, 15) is 0 Å². The number of hydrogen-bond acceptors (Lipinski definition) is 3. The van der Waals surface area contributed by atoms with E-state index in [4.69, 9.17) is 0 Å². The minimum atomic E-state index is 0.418. The SMILES string of the molecule is CC(Cc1ccccc1)NCc1ncn(C)n1. The third-order valence-electron chi connectivity index (χ3n) is 2.64. The lowest BCUT2D eigenvalue weighted by Crippen LogP contribution is -2.28. The fourth-order valence-corrected chi connectivity index (χ4v) is 1.77. The van der Waals surface area contributed by atoms with Crippen LogP contribution in [0.2, 0.25) is 0 Å². The molecule has 0 radical (unpaired) electrons. The normalized spacial score (nSPS) is 12.6. The third kappa shape index (κ3) is 3.67. The van der Waals surface area contributed by atoms with Gasteiger partial charge in [0, 0.05) is 13.1 Å². The summed E-state index contributed by atoms with van der Waals surface area (Å²) in [5.74, 6) is 0.840. The molecule has 1 unspecified atom stereocenters. The van der Waals surface area contributed by atoms with Gasteiger partial charge in [0.05, 0.1) is 6.54 Å². The summed E-state index contributed by atoms with van der Waals surface area (Å²) in [6, 6.07) is 10.9. The highest BCUT2D eigenvalue weighted by molar-refractivity contribution is 5.15. The lowest BCUT2D eigenvalue weighted by atomic mass is 10.1. The molecule has 0 aliphatic heterocycles. The zero-order valence-corrected chi connectivity index (χ0v) is 10.3. The van der Waals surface area contributed by atoms with Gasteiger partial charge in [-0.05, 0) is 18.9 Å². The first kappa shape index (κ1) is 11.8. The van der Waals surface area contributed by atoms with E-state index < -0.39 is 0 Å². The van der Waals surface area contributed by atoms with Crippen molar-refractivity contribution in [2.24, 2.45) is 7.05 Å². The molecule has 0 saturated carbocycles. The van der Waals surface area contributed by atoms with E-state index in [2.05, 4.69) is 46.6 Å². The second-order valence-electron chi connectivity index (χ2n) is 4.31. The molecule has 2 rings (SSSR count). The molecule has 1 heterocycles. The van der Waals surface area contributed by atoms with Crippen molar-refractivity contribution in [3.05, 3.63) is 48.0 Å². The Morgan fingerprint density at radius 1 is 1.29 bits per heavy atom. The van der Waals surface area contributed by atoms with Gasteiger partial charge in [-0.25, -0.2) is 4.98 Å². The topological polar surface area (TPSA) is 42.7 Å². The highest BCUT2D eigenvalue weighted by Crippen LogP contribution is 2.03. The van der Waals surface area contributed by atoms with Gasteiger partial charge in [-0.3, -0.25) is 4.68 Å². The third-order valence-corrected chi connectivity index (χ3v) is 2.64. The van der Waals surface area contributed by atoms with Crippen molar-refractivity contribution in [3.8, 4) is 0 Å². The molecule has 0 saturated heterocycles. The van der Waals surface area contributed by atoms with E-state index in [0.717, 1.165) is 18.8 Å². The fourth-order valence-electron chi connectivity index (χ4n) is 1.77. The van der Waals surface area contributed by atoms with Crippen LogP contribution in [0.3, 0.4) is 0 Å². The van der Waals surface area contributed by atoms with Crippen LogP contribution in [0, 0.1) is 0 Å². The summed E-state index contributed by atoms with van der Waals surface area (Å²) in [4.78, 5) is 4.18. The van der Waals surface area contributed by atoms with E-state index in [1.54, 1.807) is 11.0 Å². The molecule has 90 valence electrons. The minimum absolute atomic E-state index is 0.418. The van der Waals surface area contributed by atoms with Crippen LogP contribution in [-0.2, 0) is 20.0 Å². The summed E-state index contributed by atoms with van der Waals surface area (Å²) >= 11 is 0. The van der Waals surface area contributed by atoms with Gasteiger partial charge in [0.15, 0.2) is 5.82 Å². The van der Waals surface area contributed by atoms with E-state index in [0.29, 0.717) is 6.04 Å². The summed E-state index contributed by atoms with van der Waals surface area (Å²) in [5.41, 5.74) is 1.35. The standard InChI is InChI=1S/C13H18N4/c1-11(8-12-6-4-3-5-7-12)14-9-13-15-10-17(2)16-13/h3-7,10-11,14H,8-9H2,1-2H3. The molecule has 1 N–H and O–H groups in total. The molecule has 0 spiro atoms. The lowest BCUT2D eigenvalue weighted by Gasteiger charge is -2.12. The van der Waals surface area contributed by atoms with Crippen molar-refractivity contribution < 1.29 is 0 Å². The molecule has 0 fully saturated rings. The van der Waals surface area contributed by atoms with E-state index in [-0.39, 0.29) is 0 Å². The minimum Gasteiger partial charge on any atom is -0.307 e. The zero-order chi connectivity index (χ0) is 12.1. The number of rotatable bonds is 5. The van der Waals surface area contributed by atoms with Gasteiger partial charge < -0.3 is 5.32 Å². The molecule has 1 atom stereocenters. The van der Waals surface area contributed by atoms with Gasteiger partial charge in [0.1, 0.15) is 6.33 Å². The number of hydrogen-bond donors (Lipinski definition) is 1. The van der Waals surface area contributed by atoms with Crippen LogP contribution in [0.15, 0.2) is 36.7 Å². The maximum Gasteiger partial charge on any atom is 0.164 e. The van der Waals surface area contributed by atoms with Crippen molar-refractivity contribution in [2.75, 3.05) is 0 Å². The van der Waals surface area contributed by atoms with Gasteiger partial charge in [-0.2, -0.15) is 5.10 Å². The molecule has 0 aliphatic carbocycles. The van der Waals surface area contributed by atoms with Gasteiger partial charge in [0.25, 0.3) is 0 Å². The van der Waals surface area contributed by atoms with Gasteiger partial charge in [-0.1, -0.05) is 30.3 Å². The largest absolute Gasteiger partial charge is 0.307 e. The molecule has 2 aromatic rings. The van der Waals surface area contributed by atoms with Crippen molar-refractivity contribution in [1.82, 2.24) is 20.1 Å². The Bertz CT molecular complexity index is 449. The zero-order valence-electron chi connectivity index (χ0n) is 10.3. The van der Waals surface area contributed by atoms with Crippen LogP contribution in [0.1, 0.15) is 18.3 Å².